The summed E-state index contributed by atoms with van der Waals surface area (Å²) < 4.78 is 5.80. The van der Waals surface area contributed by atoms with E-state index in [1.165, 1.54) is 6.42 Å². The van der Waals surface area contributed by atoms with Crippen LogP contribution in [0.4, 0.5) is 0 Å². The molecule has 1 aliphatic rings. The predicted molar refractivity (Wildman–Crippen MR) is 79.3 cm³/mol. The van der Waals surface area contributed by atoms with Crippen molar-refractivity contribution in [1.82, 2.24) is 10.2 Å². The summed E-state index contributed by atoms with van der Waals surface area (Å²) in [4.78, 5) is 2.55. The average molecular weight is 264 g/mol. The van der Waals surface area contributed by atoms with Crippen molar-refractivity contribution >= 4 is 0 Å². The number of furan rings is 1. The first-order valence-electron chi connectivity index (χ1n) is 7.41. The highest BCUT2D eigenvalue weighted by Crippen LogP contribution is 2.27. The molecule has 0 saturated carbocycles. The van der Waals surface area contributed by atoms with E-state index < -0.39 is 0 Å². The molecule has 1 N–H and O–H groups in total. The lowest BCUT2D eigenvalue weighted by Crippen LogP contribution is -2.46. The van der Waals surface area contributed by atoms with Crippen molar-refractivity contribution in [1.29, 1.82) is 0 Å². The van der Waals surface area contributed by atoms with Gasteiger partial charge in [0.1, 0.15) is 11.5 Å². The molecule has 1 aliphatic heterocycles. The standard InChI is InChI=1S/C16H28N2O/c1-12-7-8-14(19-12)13(2)18-10-6-9-17-15(11-18)16(3,4)5/h7-8,13,15,17H,6,9-11H2,1-5H3. The van der Waals surface area contributed by atoms with Crippen LogP contribution < -0.4 is 5.32 Å². The number of nitrogens with zero attached hydrogens (tertiary/aromatic N) is 1. The van der Waals surface area contributed by atoms with Crippen LogP contribution in [-0.2, 0) is 0 Å². The van der Waals surface area contributed by atoms with Crippen LogP contribution in [0.1, 0.15) is 51.7 Å². The molecule has 2 atom stereocenters. The minimum atomic E-state index is 0.293. The molecule has 108 valence electrons. The van der Waals surface area contributed by atoms with Gasteiger partial charge in [-0.3, -0.25) is 4.90 Å². The van der Waals surface area contributed by atoms with Gasteiger partial charge in [-0.05, 0) is 44.4 Å². The van der Waals surface area contributed by atoms with E-state index in [9.17, 15) is 0 Å². The minimum absolute atomic E-state index is 0.293. The Balaban J connectivity index is 2.09. The summed E-state index contributed by atoms with van der Waals surface area (Å²) >= 11 is 0. The van der Waals surface area contributed by atoms with Gasteiger partial charge in [0, 0.05) is 19.1 Å². The molecule has 2 rings (SSSR count). The maximum absolute atomic E-state index is 5.80. The van der Waals surface area contributed by atoms with Crippen molar-refractivity contribution in [3.8, 4) is 0 Å². The quantitative estimate of drug-likeness (QED) is 0.888. The largest absolute Gasteiger partial charge is 0.465 e. The second kappa shape index (κ2) is 5.68. The highest BCUT2D eigenvalue weighted by atomic mass is 16.3. The number of hydrogen-bond donors (Lipinski definition) is 1. The van der Waals surface area contributed by atoms with E-state index in [0.29, 0.717) is 17.5 Å². The summed E-state index contributed by atoms with van der Waals surface area (Å²) in [6.07, 6.45) is 1.20. The van der Waals surface area contributed by atoms with Gasteiger partial charge < -0.3 is 9.73 Å². The maximum Gasteiger partial charge on any atom is 0.121 e. The smallest absolute Gasteiger partial charge is 0.121 e. The van der Waals surface area contributed by atoms with E-state index in [1.807, 2.05) is 6.92 Å². The van der Waals surface area contributed by atoms with Gasteiger partial charge in [0.25, 0.3) is 0 Å². The molecule has 2 unspecified atom stereocenters. The Kier molecular flexibility index (Phi) is 4.36. The molecule has 0 spiro atoms. The Morgan fingerprint density at radius 3 is 2.68 bits per heavy atom. The van der Waals surface area contributed by atoms with E-state index >= 15 is 0 Å². The molecule has 1 saturated heterocycles. The molecule has 0 bridgehead atoms. The summed E-state index contributed by atoms with van der Waals surface area (Å²) in [7, 11) is 0. The molecule has 1 aromatic heterocycles. The van der Waals surface area contributed by atoms with Crippen molar-refractivity contribution < 1.29 is 4.42 Å². The summed E-state index contributed by atoms with van der Waals surface area (Å²) in [5.74, 6) is 2.09. The van der Waals surface area contributed by atoms with Crippen LogP contribution in [0.5, 0.6) is 0 Å². The molecule has 0 aliphatic carbocycles. The fourth-order valence-electron chi connectivity index (χ4n) is 2.74. The van der Waals surface area contributed by atoms with Crippen molar-refractivity contribution in [2.24, 2.45) is 5.41 Å². The molecule has 3 heteroatoms. The lowest BCUT2D eigenvalue weighted by atomic mass is 9.86. The second-order valence-electron chi connectivity index (χ2n) is 6.85. The molecule has 3 nitrogen and oxygen atoms in total. The average Bonchev–Trinajstić information content (AvgIpc) is 2.62. The Morgan fingerprint density at radius 2 is 2.11 bits per heavy atom. The zero-order valence-corrected chi connectivity index (χ0v) is 13.0. The van der Waals surface area contributed by atoms with Crippen LogP contribution in [-0.4, -0.2) is 30.6 Å². The van der Waals surface area contributed by atoms with Crippen molar-refractivity contribution in [3.05, 3.63) is 23.7 Å². The van der Waals surface area contributed by atoms with E-state index in [2.05, 4.69) is 50.0 Å². The lowest BCUT2D eigenvalue weighted by Gasteiger charge is -2.35. The summed E-state index contributed by atoms with van der Waals surface area (Å²) in [5.41, 5.74) is 0.293. The molecule has 19 heavy (non-hydrogen) atoms. The second-order valence-corrected chi connectivity index (χ2v) is 6.85. The van der Waals surface area contributed by atoms with Crippen LogP contribution in [0.25, 0.3) is 0 Å². The van der Waals surface area contributed by atoms with Crippen molar-refractivity contribution in [2.75, 3.05) is 19.6 Å². The van der Waals surface area contributed by atoms with Gasteiger partial charge in [0.05, 0.1) is 6.04 Å². The van der Waals surface area contributed by atoms with Gasteiger partial charge in [-0.2, -0.15) is 0 Å². The third kappa shape index (κ3) is 3.61. The highest BCUT2D eigenvalue weighted by molar-refractivity contribution is 5.09. The van der Waals surface area contributed by atoms with Gasteiger partial charge in [0.2, 0.25) is 0 Å². The van der Waals surface area contributed by atoms with Crippen LogP contribution >= 0.6 is 0 Å². The minimum Gasteiger partial charge on any atom is -0.465 e. The zero-order chi connectivity index (χ0) is 14.0. The van der Waals surface area contributed by atoms with Crippen LogP contribution in [0.2, 0.25) is 0 Å². The van der Waals surface area contributed by atoms with E-state index in [0.717, 1.165) is 31.2 Å². The lowest BCUT2D eigenvalue weighted by molar-refractivity contribution is 0.148. The fraction of sp³-hybridized carbons (Fsp3) is 0.750. The van der Waals surface area contributed by atoms with Crippen molar-refractivity contribution in [2.45, 2.75) is 53.1 Å². The predicted octanol–water partition coefficient (Wildman–Crippen LogP) is 3.36. The van der Waals surface area contributed by atoms with E-state index in [-0.39, 0.29) is 0 Å². The SMILES string of the molecule is Cc1ccc(C(C)N2CCCNC(C(C)(C)C)C2)o1. The number of hydrogen-bond acceptors (Lipinski definition) is 3. The first-order valence-corrected chi connectivity index (χ1v) is 7.41. The Morgan fingerprint density at radius 1 is 1.37 bits per heavy atom. The molecule has 1 fully saturated rings. The summed E-state index contributed by atoms with van der Waals surface area (Å²) in [6, 6.07) is 5.07. The first-order chi connectivity index (χ1) is 8.88. The maximum atomic E-state index is 5.80. The van der Waals surface area contributed by atoms with Crippen LogP contribution in [0.3, 0.4) is 0 Å². The van der Waals surface area contributed by atoms with Crippen molar-refractivity contribution in [3.63, 3.8) is 0 Å². The van der Waals surface area contributed by atoms with Gasteiger partial charge >= 0.3 is 0 Å². The van der Waals surface area contributed by atoms with Crippen LogP contribution in [0.15, 0.2) is 16.5 Å². The number of nitrogens with one attached hydrogen (secondary N) is 1. The van der Waals surface area contributed by atoms with Gasteiger partial charge in [-0.1, -0.05) is 20.8 Å². The zero-order valence-electron chi connectivity index (χ0n) is 13.0. The fourth-order valence-corrected chi connectivity index (χ4v) is 2.74. The third-order valence-corrected chi connectivity index (χ3v) is 4.20. The topological polar surface area (TPSA) is 28.4 Å². The monoisotopic (exact) mass is 264 g/mol. The van der Waals surface area contributed by atoms with E-state index in [1.54, 1.807) is 0 Å². The summed E-state index contributed by atoms with van der Waals surface area (Å²) in [6.45, 7) is 14.6. The van der Waals surface area contributed by atoms with Crippen LogP contribution in [0, 0.1) is 12.3 Å². The molecule has 0 radical (unpaired) electrons. The molecular formula is C16H28N2O. The van der Waals surface area contributed by atoms with Gasteiger partial charge in [-0.15, -0.1) is 0 Å². The molecule has 1 aromatic rings. The van der Waals surface area contributed by atoms with Gasteiger partial charge in [-0.25, -0.2) is 0 Å². The normalized spacial score (nSPS) is 24.2. The number of aryl methyl sites for hydroxylation is 1. The van der Waals surface area contributed by atoms with E-state index in [4.69, 9.17) is 4.42 Å². The third-order valence-electron chi connectivity index (χ3n) is 4.20. The summed E-state index contributed by atoms with van der Waals surface area (Å²) in [5, 5.41) is 3.69. The molecule has 2 heterocycles. The Hall–Kier alpha value is -0.800. The Labute approximate surface area is 117 Å². The molecular weight excluding hydrogens is 236 g/mol. The number of rotatable bonds is 2. The molecule has 0 amide bonds. The van der Waals surface area contributed by atoms with Gasteiger partial charge in [0.15, 0.2) is 0 Å². The highest BCUT2D eigenvalue weighted by Gasteiger charge is 2.30. The molecule has 0 aromatic carbocycles. The Bertz CT molecular complexity index is 405. The first kappa shape index (κ1) is 14.6.